The molecule has 0 aliphatic rings. The normalized spacial score (nSPS) is 11.5. The highest BCUT2D eigenvalue weighted by Gasteiger charge is 2.26. The van der Waals surface area contributed by atoms with E-state index < -0.39 is 12.0 Å². The third-order valence-electron chi connectivity index (χ3n) is 3.56. The highest BCUT2D eigenvalue weighted by atomic mass is 16.5. The van der Waals surface area contributed by atoms with Crippen molar-refractivity contribution in [3.8, 4) is 5.75 Å². The summed E-state index contributed by atoms with van der Waals surface area (Å²) in [4.78, 5) is 24.4. The molecule has 5 nitrogen and oxygen atoms in total. The fraction of sp³-hybridized carbons (Fsp3) is 0.263. The first kappa shape index (κ1) is 17.5. The van der Waals surface area contributed by atoms with Crippen LogP contribution < -0.4 is 5.32 Å². The Balaban J connectivity index is 2.06. The van der Waals surface area contributed by atoms with Crippen LogP contribution in [0.1, 0.15) is 30.5 Å². The molecular weight excluding hydrogens is 306 g/mol. The number of hydrogen-bond donors (Lipinski definition) is 2. The zero-order valence-corrected chi connectivity index (χ0v) is 13.6. The zero-order chi connectivity index (χ0) is 17.4. The summed E-state index contributed by atoms with van der Waals surface area (Å²) in [6, 6.07) is 15.0. The van der Waals surface area contributed by atoms with E-state index in [0.717, 1.165) is 5.56 Å². The monoisotopic (exact) mass is 327 g/mol. The molecule has 0 aliphatic heterocycles. The lowest BCUT2D eigenvalue weighted by atomic mass is 10.0. The maximum atomic E-state index is 12.2. The number of hydrogen-bond acceptors (Lipinski definition) is 4. The smallest absolute Gasteiger partial charge is 0.333 e. The Morgan fingerprint density at radius 1 is 1.08 bits per heavy atom. The Labute approximate surface area is 141 Å². The summed E-state index contributed by atoms with van der Waals surface area (Å²) in [6.07, 6.45) is 0.816. The Kier molecular flexibility index (Phi) is 6.37. The van der Waals surface area contributed by atoms with Gasteiger partial charge in [0.05, 0.1) is 6.61 Å². The minimum atomic E-state index is -1.02. The van der Waals surface area contributed by atoms with Crippen LogP contribution in [0.4, 0.5) is 0 Å². The molecule has 0 aliphatic carbocycles. The van der Waals surface area contributed by atoms with Crippen molar-refractivity contribution in [2.75, 3.05) is 6.61 Å². The van der Waals surface area contributed by atoms with Crippen LogP contribution in [-0.4, -0.2) is 23.6 Å². The summed E-state index contributed by atoms with van der Waals surface area (Å²) in [5.41, 5.74) is 1.37. The van der Waals surface area contributed by atoms with E-state index >= 15 is 0 Å². The predicted molar refractivity (Wildman–Crippen MR) is 90.4 cm³/mol. The Morgan fingerprint density at radius 3 is 2.42 bits per heavy atom. The molecule has 0 fully saturated rings. The van der Waals surface area contributed by atoms with Gasteiger partial charge in [-0.3, -0.25) is 4.79 Å². The summed E-state index contributed by atoms with van der Waals surface area (Å²) in [5.74, 6) is -0.925. The van der Waals surface area contributed by atoms with Crippen LogP contribution in [0.25, 0.3) is 0 Å². The van der Waals surface area contributed by atoms with Crippen LogP contribution in [0.5, 0.6) is 5.75 Å². The number of carbonyl (C=O) groups excluding carboxylic acids is 2. The van der Waals surface area contributed by atoms with Crippen LogP contribution >= 0.6 is 0 Å². The SMILES string of the molecule is CCOC(=O)C(NC(=O)CCc1ccccc1)c1ccccc1O. The van der Waals surface area contributed by atoms with E-state index in [4.69, 9.17) is 4.74 Å². The molecule has 0 heterocycles. The van der Waals surface area contributed by atoms with Gasteiger partial charge in [-0.2, -0.15) is 0 Å². The first-order valence-electron chi connectivity index (χ1n) is 7.89. The first-order valence-corrected chi connectivity index (χ1v) is 7.89. The van der Waals surface area contributed by atoms with Gasteiger partial charge in [0.2, 0.25) is 5.91 Å². The molecule has 1 amide bonds. The molecule has 1 unspecified atom stereocenters. The average Bonchev–Trinajstić information content (AvgIpc) is 2.60. The lowest BCUT2D eigenvalue weighted by Gasteiger charge is -2.18. The van der Waals surface area contributed by atoms with Gasteiger partial charge >= 0.3 is 5.97 Å². The third-order valence-corrected chi connectivity index (χ3v) is 3.56. The predicted octanol–water partition coefficient (Wildman–Crippen LogP) is 2.75. The lowest BCUT2D eigenvalue weighted by molar-refractivity contribution is -0.147. The lowest BCUT2D eigenvalue weighted by Crippen LogP contribution is -2.35. The van der Waals surface area contributed by atoms with Crippen LogP contribution in [0, 0.1) is 0 Å². The second-order valence-corrected chi connectivity index (χ2v) is 5.30. The van der Waals surface area contributed by atoms with Crippen molar-refractivity contribution in [1.82, 2.24) is 5.32 Å². The minimum absolute atomic E-state index is 0.0566. The number of carbonyl (C=O) groups is 2. The highest BCUT2D eigenvalue weighted by molar-refractivity contribution is 5.86. The molecule has 24 heavy (non-hydrogen) atoms. The molecule has 2 rings (SSSR count). The van der Waals surface area contributed by atoms with Gasteiger partial charge in [-0.05, 0) is 25.0 Å². The van der Waals surface area contributed by atoms with Crippen molar-refractivity contribution >= 4 is 11.9 Å². The standard InChI is InChI=1S/C19H21NO4/c1-2-24-19(23)18(15-10-6-7-11-16(15)21)20-17(22)13-12-14-8-4-3-5-9-14/h3-11,18,21H,2,12-13H2,1H3,(H,20,22). The summed E-state index contributed by atoms with van der Waals surface area (Å²) < 4.78 is 5.01. The topological polar surface area (TPSA) is 75.6 Å². The molecule has 2 aromatic carbocycles. The van der Waals surface area contributed by atoms with Crippen LogP contribution in [0.15, 0.2) is 54.6 Å². The van der Waals surface area contributed by atoms with E-state index in [9.17, 15) is 14.7 Å². The van der Waals surface area contributed by atoms with Gasteiger partial charge in [-0.1, -0.05) is 48.5 Å². The molecule has 0 radical (unpaired) electrons. The van der Waals surface area contributed by atoms with Gasteiger partial charge in [-0.25, -0.2) is 4.79 Å². The number of esters is 1. The summed E-state index contributed by atoms with van der Waals surface area (Å²) in [7, 11) is 0. The number of aryl methyl sites for hydroxylation is 1. The van der Waals surface area contributed by atoms with Gasteiger partial charge in [0.1, 0.15) is 5.75 Å². The number of ether oxygens (including phenoxy) is 1. The Bertz CT molecular complexity index is 685. The summed E-state index contributed by atoms with van der Waals surface area (Å²) in [6.45, 7) is 1.89. The van der Waals surface area contributed by atoms with E-state index in [1.54, 1.807) is 25.1 Å². The van der Waals surface area contributed by atoms with Crippen molar-refractivity contribution in [2.45, 2.75) is 25.8 Å². The molecule has 126 valence electrons. The van der Waals surface area contributed by atoms with Gasteiger partial charge in [0.15, 0.2) is 6.04 Å². The number of rotatable bonds is 7. The molecule has 1 atom stereocenters. The maximum Gasteiger partial charge on any atom is 0.333 e. The number of phenols is 1. The van der Waals surface area contributed by atoms with Gasteiger partial charge in [0.25, 0.3) is 0 Å². The number of amides is 1. The van der Waals surface area contributed by atoms with E-state index in [-0.39, 0.29) is 24.7 Å². The molecule has 0 aromatic heterocycles. The number of aromatic hydroxyl groups is 1. The molecule has 2 aromatic rings. The first-order chi connectivity index (χ1) is 11.6. The summed E-state index contributed by atoms with van der Waals surface area (Å²) in [5, 5.41) is 12.6. The number of phenolic OH excluding ortho intramolecular Hbond substituents is 1. The molecule has 5 heteroatoms. The third kappa shape index (κ3) is 4.84. The van der Waals surface area contributed by atoms with E-state index in [1.165, 1.54) is 6.07 Å². The van der Waals surface area contributed by atoms with Gasteiger partial charge in [0, 0.05) is 12.0 Å². The van der Waals surface area contributed by atoms with E-state index in [2.05, 4.69) is 5.32 Å². The largest absolute Gasteiger partial charge is 0.508 e. The fourth-order valence-electron chi connectivity index (χ4n) is 2.36. The average molecular weight is 327 g/mol. The molecule has 0 spiro atoms. The molecule has 0 saturated heterocycles. The van der Waals surface area contributed by atoms with E-state index in [1.807, 2.05) is 30.3 Å². The van der Waals surface area contributed by atoms with Crippen molar-refractivity contribution in [3.05, 3.63) is 65.7 Å². The van der Waals surface area contributed by atoms with Crippen molar-refractivity contribution in [2.24, 2.45) is 0 Å². The molecular formula is C19H21NO4. The quantitative estimate of drug-likeness (QED) is 0.767. The van der Waals surface area contributed by atoms with Gasteiger partial charge < -0.3 is 15.2 Å². The van der Waals surface area contributed by atoms with Crippen LogP contribution in [0.2, 0.25) is 0 Å². The van der Waals surface area contributed by atoms with Crippen molar-refractivity contribution < 1.29 is 19.4 Å². The highest BCUT2D eigenvalue weighted by Crippen LogP contribution is 2.25. The number of nitrogens with one attached hydrogen (secondary N) is 1. The second kappa shape index (κ2) is 8.72. The second-order valence-electron chi connectivity index (χ2n) is 5.30. The van der Waals surface area contributed by atoms with Crippen molar-refractivity contribution in [3.63, 3.8) is 0 Å². The van der Waals surface area contributed by atoms with E-state index in [0.29, 0.717) is 12.0 Å². The number of para-hydroxylation sites is 1. The maximum absolute atomic E-state index is 12.2. The minimum Gasteiger partial charge on any atom is -0.508 e. The zero-order valence-electron chi connectivity index (χ0n) is 13.6. The molecule has 2 N–H and O–H groups in total. The van der Waals surface area contributed by atoms with Crippen LogP contribution in [-0.2, 0) is 20.7 Å². The van der Waals surface area contributed by atoms with Crippen LogP contribution in [0.3, 0.4) is 0 Å². The Morgan fingerprint density at radius 2 is 1.75 bits per heavy atom. The fourth-order valence-corrected chi connectivity index (χ4v) is 2.36. The van der Waals surface area contributed by atoms with Gasteiger partial charge in [-0.15, -0.1) is 0 Å². The molecule has 0 bridgehead atoms. The number of benzene rings is 2. The summed E-state index contributed by atoms with van der Waals surface area (Å²) >= 11 is 0. The van der Waals surface area contributed by atoms with Crippen molar-refractivity contribution in [1.29, 1.82) is 0 Å². The molecule has 0 saturated carbocycles. The Hall–Kier alpha value is -2.82.